The summed E-state index contributed by atoms with van der Waals surface area (Å²) in [5.41, 5.74) is 7.87. The van der Waals surface area contributed by atoms with Crippen LogP contribution < -0.4 is 10.5 Å². The summed E-state index contributed by atoms with van der Waals surface area (Å²) >= 11 is 3.41. The van der Waals surface area contributed by atoms with E-state index in [-0.39, 0.29) is 0 Å². The summed E-state index contributed by atoms with van der Waals surface area (Å²) in [6.07, 6.45) is 0.902. The molecule has 0 bridgehead atoms. The van der Waals surface area contributed by atoms with E-state index in [0.29, 0.717) is 6.54 Å². The fourth-order valence-electron chi connectivity index (χ4n) is 1.22. The Morgan fingerprint density at radius 2 is 2.23 bits per heavy atom. The summed E-state index contributed by atoms with van der Waals surface area (Å²) in [6.45, 7) is 0.677. The van der Waals surface area contributed by atoms with Crippen molar-refractivity contribution in [1.82, 2.24) is 0 Å². The van der Waals surface area contributed by atoms with Crippen molar-refractivity contribution in [2.24, 2.45) is 5.73 Å². The van der Waals surface area contributed by atoms with Crippen LogP contribution in [0.15, 0.2) is 18.2 Å². The Morgan fingerprint density at radius 3 is 2.77 bits per heavy atom. The minimum Gasteiger partial charge on any atom is -0.496 e. The molecule has 0 amide bonds. The summed E-state index contributed by atoms with van der Waals surface area (Å²) < 4.78 is 5.25. The normalized spacial score (nSPS) is 10.1. The number of alkyl halides is 1. The van der Waals surface area contributed by atoms with Gasteiger partial charge < -0.3 is 10.5 Å². The van der Waals surface area contributed by atoms with Crippen molar-refractivity contribution in [2.45, 2.75) is 11.8 Å². The molecule has 0 saturated carbocycles. The Hall–Kier alpha value is -0.540. The fraction of sp³-hybridized carbons (Fsp3) is 0.400. The minimum absolute atomic E-state index is 0.677. The molecule has 0 aliphatic heterocycles. The van der Waals surface area contributed by atoms with Gasteiger partial charge in [-0.15, -0.1) is 0 Å². The maximum Gasteiger partial charge on any atom is 0.123 e. The van der Waals surface area contributed by atoms with Crippen LogP contribution in [0.1, 0.15) is 11.1 Å². The van der Waals surface area contributed by atoms with E-state index >= 15 is 0 Å². The molecule has 0 atom stereocenters. The molecule has 13 heavy (non-hydrogen) atoms. The molecule has 3 heteroatoms. The average molecular weight is 244 g/mol. The molecule has 1 rings (SSSR count). The van der Waals surface area contributed by atoms with Crippen molar-refractivity contribution >= 4 is 15.9 Å². The predicted molar refractivity (Wildman–Crippen MR) is 58.4 cm³/mol. The van der Waals surface area contributed by atoms with Gasteiger partial charge in [0.15, 0.2) is 0 Å². The molecular formula is C10H14BrNO. The molecule has 0 aromatic heterocycles. The second kappa shape index (κ2) is 5.25. The first-order valence-electron chi connectivity index (χ1n) is 4.23. The Morgan fingerprint density at radius 1 is 1.46 bits per heavy atom. The zero-order valence-electron chi connectivity index (χ0n) is 7.72. The van der Waals surface area contributed by atoms with Crippen molar-refractivity contribution in [3.05, 3.63) is 29.3 Å². The molecule has 0 saturated heterocycles. The largest absolute Gasteiger partial charge is 0.496 e. The fourth-order valence-corrected chi connectivity index (χ4v) is 1.68. The monoisotopic (exact) mass is 243 g/mol. The van der Waals surface area contributed by atoms with E-state index in [0.717, 1.165) is 17.5 Å². The van der Waals surface area contributed by atoms with Gasteiger partial charge in [-0.3, -0.25) is 0 Å². The smallest absolute Gasteiger partial charge is 0.123 e. The van der Waals surface area contributed by atoms with Gasteiger partial charge in [0.25, 0.3) is 0 Å². The summed E-state index contributed by atoms with van der Waals surface area (Å²) in [6, 6.07) is 6.20. The third-order valence-corrected chi connectivity index (χ3v) is 2.53. The van der Waals surface area contributed by atoms with Gasteiger partial charge in [-0.05, 0) is 24.6 Å². The quantitative estimate of drug-likeness (QED) is 0.823. The third kappa shape index (κ3) is 2.71. The van der Waals surface area contributed by atoms with E-state index in [1.807, 2.05) is 6.07 Å². The summed E-state index contributed by atoms with van der Waals surface area (Å²) in [7, 11) is 1.69. The van der Waals surface area contributed by atoms with Crippen LogP contribution in [0.5, 0.6) is 5.75 Å². The van der Waals surface area contributed by atoms with Crippen LogP contribution in [0.25, 0.3) is 0 Å². The molecule has 72 valence electrons. The number of rotatable bonds is 4. The van der Waals surface area contributed by atoms with Gasteiger partial charge >= 0.3 is 0 Å². The lowest BCUT2D eigenvalue weighted by atomic mass is 10.1. The zero-order chi connectivity index (χ0) is 9.68. The predicted octanol–water partition coefficient (Wildman–Crippen LogP) is 2.09. The Kier molecular flexibility index (Phi) is 4.25. The van der Waals surface area contributed by atoms with Gasteiger partial charge in [0, 0.05) is 10.9 Å². The number of nitrogens with two attached hydrogens (primary N) is 1. The van der Waals surface area contributed by atoms with Gasteiger partial charge in [0.1, 0.15) is 5.75 Å². The summed E-state index contributed by atoms with van der Waals surface area (Å²) in [4.78, 5) is 0. The Labute approximate surface area is 87.2 Å². The molecule has 2 N–H and O–H groups in total. The number of hydrogen-bond donors (Lipinski definition) is 1. The van der Waals surface area contributed by atoms with Gasteiger partial charge in [0.05, 0.1) is 7.11 Å². The van der Waals surface area contributed by atoms with Gasteiger partial charge in [-0.1, -0.05) is 28.1 Å². The Balaban J connectivity index is 2.91. The molecule has 0 fully saturated rings. The van der Waals surface area contributed by atoms with E-state index < -0.39 is 0 Å². The van der Waals surface area contributed by atoms with Crippen molar-refractivity contribution in [2.75, 3.05) is 13.7 Å². The topological polar surface area (TPSA) is 35.2 Å². The lowest BCUT2D eigenvalue weighted by molar-refractivity contribution is 0.411. The molecular weight excluding hydrogens is 230 g/mol. The maximum absolute atomic E-state index is 5.47. The minimum atomic E-state index is 0.677. The summed E-state index contributed by atoms with van der Waals surface area (Å²) in [5, 5.41) is 0.819. The molecule has 2 nitrogen and oxygen atoms in total. The first kappa shape index (κ1) is 10.5. The molecule has 0 spiro atoms. The molecule has 1 aromatic carbocycles. The van der Waals surface area contributed by atoms with E-state index in [4.69, 9.17) is 10.5 Å². The van der Waals surface area contributed by atoms with E-state index in [1.54, 1.807) is 7.11 Å². The Bertz CT molecular complexity index is 276. The van der Waals surface area contributed by atoms with Crippen LogP contribution in [0, 0.1) is 0 Å². The van der Waals surface area contributed by atoms with Crippen molar-refractivity contribution < 1.29 is 4.74 Å². The van der Waals surface area contributed by atoms with Crippen molar-refractivity contribution in [3.8, 4) is 5.75 Å². The highest BCUT2D eigenvalue weighted by molar-refractivity contribution is 9.08. The van der Waals surface area contributed by atoms with Crippen LogP contribution in [-0.4, -0.2) is 13.7 Å². The second-order valence-corrected chi connectivity index (χ2v) is 3.38. The van der Waals surface area contributed by atoms with Crippen LogP contribution in [0.3, 0.4) is 0 Å². The first-order valence-corrected chi connectivity index (χ1v) is 5.35. The number of hydrogen-bond acceptors (Lipinski definition) is 2. The van der Waals surface area contributed by atoms with Crippen molar-refractivity contribution in [3.63, 3.8) is 0 Å². The van der Waals surface area contributed by atoms with Crippen molar-refractivity contribution in [1.29, 1.82) is 0 Å². The summed E-state index contributed by atoms with van der Waals surface area (Å²) in [5.74, 6) is 0.933. The molecule has 1 aromatic rings. The van der Waals surface area contributed by atoms with E-state index in [2.05, 4.69) is 28.1 Å². The highest BCUT2D eigenvalue weighted by atomic mass is 79.9. The van der Waals surface area contributed by atoms with Crippen LogP contribution in [0.4, 0.5) is 0 Å². The van der Waals surface area contributed by atoms with Gasteiger partial charge in [-0.25, -0.2) is 0 Å². The third-order valence-electron chi connectivity index (χ3n) is 1.93. The van der Waals surface area contributed by atoms with Crippen LogP contribution in [-0.2, 0) is 11.8 Å². The first-order chi connectivity index (χ1) is 6.31. The van der Waals surface area contributed by atoms with Crippen LogP contribution in [0.2, 0.25) is 0 Å². The lowest BCUT2D eigenvalue weighted by Crippen LogP contribution is -2.03. The highest BCUT2D eigenvalue weighted by Crippen LogP contribution is 2.22. The molecule has 0 heterocycles. The number of ether oxygens (including phenoxy) is 1. The second-order valence-electron chi connectivity index (χ2n) is 2.82. The number of methoxy groups -OCH3 is 1. The van der Waals surface area contributed by atoms with Gasteiger partial charge in [0.2, 0.25) is 0 Å². The zero-order valence-corrected chi connectivity index (χ0v) is 9.30. The molecule has 0 radical (unpaired) electrons. The van der Waals surface area contributed by atoms with Crippen LogP contribution >= 0.6 is 15.9 Å². The molecule has 0 unspecified atom stereocenters. The van der Waals surface area contributed by atoms with Gasteiger partial charge in [-0.2, -0.15) is 0 Å². The average Bonchev–Trinajstić information content (AvgIpc) is 2.18. The van der Waals surface area contributed by atoms with E-state index in [9.17, 15) is 0 Å². The maximum atomic E-state index is 5.47. The highest BCUT2D eigenvalue weighted by Gasteiger charge is 2.02. The lowest BCUT2D eigenvalue weighted by Gasteiger charge is -2.07. The number of benzene rings is 1. The SMILES string of the molecule is COc1cc(CCN)ccc1CBr. The van der Waals surface area contributed by atoms with E-state index in [1.165, 1.54) is 11.1 Å². The standard InChI is InChI=1S/C10H14BrNO/c1-13-10-6-8(4-5-12)2-3-9(10)7-11/h2-3,6H,4-5,7,12H2,1H3. The molecule has 0 aliphatic carbocycles. The molecule has 0 aliphatic rings. The number of halogens is 1.